The summed E-state index contributed by atoms with van der Waals surface area (Å²) in [4.78, 5) is 26.3. The molecule has 0 aromatic heterocycles. The van der Waals surface area contributed by atoms with E-state index in [1.807, 2.05) is 11.8 Å². The van der Waals surface area contributed by atoms with Gasteiger partial charge in [-0.2, -0.15) is 13.2 Å². The smallest absolute Gasteiger partial charge is 0.394 e. The van der Waals surface area contributed by atoms with Crippen LogP contribution in [0.3, 0.4) is 0 Å². The zero-order chi connectivity index (χ0) is 19.0. The molecular formula is C16H26F3N3O3. The second-order valence-electron chi connectivity index (χ2n) is 7.42. The highest BCUT2D eigenvalue weighted by Gasteiger charge is 2.56. The number of likely N-dealkylation sites (tertiary alicyclic amines) is 1. The van der Waals surface area contributed by atoms with E-state index in [4.69, 9.17) is 5.11 Å². The van der Waals surface area contributed by atoms with Crippen molar-refractivity contribution in [2.75, 3.05) is 19.6 Å². The zero-order valence-electron chi connectivity index (χ0n) is 14.8. The highest BCUT2D eigenvalue weighted by Crippen LogP contribution is 2.44. The number of amides is 2. The predicted octanol–water partition coefficient (Wildman–Crippen LogP) is 2.30. The molecule has 2 fully saturated rings. The molecule has 2 rings (SSSR count). The molecule has 6 nitrogen and oxygen atoms in total. The van der Waals surface area contributed by atoms with Crippen molar-refractivity contribution in [1.29, 1.82) is 0 Å². The van der Waals surface area contributed by atoms with E-state index in [0.717, 1.165) is 0 Å². The summed E-state index contributed by atoms with van der Waals surface area (Å²) in [5, 5.41) is 11.7. The fraction of sp³-hybridized carbons (Fsp3) is 0.875. The molecule has 1 aliphatic heterocycles. The van der Waals surface area contributed by atoms with Gasteiger partial charge in [0.05, 0.1) is 18.0 Å². The van der Waals surface area contributed by atoms with Crippen molar-refractivity contribution in [1.82, 2.24) is 15.1 Å². The number of carboxylic acid groups (broad SMARTS) is 1. The van der Waals surface area contributed by atoms with Gasteiger partial charge in [-0.3, -0.25) is 9.69 Å². The summed E-state index contributed by atoms with van der Waals surface area (Å²) in [5.41, 5.74) is -1.27. The molecule has 144 valence electrons. The number of hydrogen-bond acceptors (Lipinski definition) is 3. The first-order valence-electron chi connectivity index (χ1n) is 8.57. The Balaban J connectivity index is 1.87. The largest absolute Gasteiger partial charge is 0.480 e. The van der Waals surface area contributed by atoms with Gasteiger partial charge in [0.2, 0.25) is 0 Å². The van der Waals surface area contributed by atoms with Gasteiger partial charge < -0.3 is 15.3 Å². The van der Waals surface area contributed by atoms with E-state index in [2.05, 4.69) is 5.32 Å². The first kappa shape index (κ1) is 19.8. The summed E-state index contributed by atoms with van der Waals surface area (Å²) < 4.78 is 39.3. The van der Waals surface area contributed by atoms with Crippen LogP contribution in [0.1, 0.15) is 40.0 Å². The lowest BCUT2D eigenvalue weighted by atomic mass is 9.85. The van der Waals surface area contributed by atoms with Crippen molar-refractivity contribution in [3.63, 3.8) is 0 Å². The van der Waals surface area contributed by atoms with Gasteiger partial charge in [0.15, 0.2) is 0 Å². The third-order valence-electron chi connectivity index (χ3n) is 5.53. The van der Waals surface area contributed by atoms with E-state index in [0.29, 0.717) is 19.4 Å². The van der Waals surface area contributed by atoms with Crippen LogP contribution in [0.2, 0.25) is 0 Å². The fourth-order valence-corrected chi connectivity index (χ4v) is 3.94. The molecule has 2 N–H and O–H groups in total. The molecule has 0 radical (unpaired) electrons. The number of halogens is 3. The number of hydrogen-bond donors (Lipinski definition) is 2. The second-order valence-corrected chi connectivity index (χ2v) is 7.42. The van der Waals surface area contributed by atoms with Gasteiger partial charge >= 0.3 is 18.2 Å². The molecular weight excluding hydrogens is 339 g/mol. The van der Waals surface area contributed by atoms with Gasteiger partial charge in [-0.1, -0.05) is 6.92 Å². The number of rotatable bonds is 5. The molecule has 0 aromatic carbocycles. The predicted molar refractivity (Wildman–Crippen MR) is 85.2 cm³/mol. The quantitative estimate of drug-likeness (QED) is 0.784. The van der Waals surface area contributed by atoms with Crippen LogP contribution in [-0.2, 0) is 4.79 Å². The van der Waals surface area contributed by atoms with Crippen molar-refractivity contribution in [2.24, 2.45) is 5.92 Å². The highest BCUT2D eigenvalue weighted by molar-refractivity contribution is 5.76. The Morgan fingerprint density at radius 1 is 1.32 bits per heavy atom. The molecule has 9 heteroatoms. The van der Waals surface area contributed by atoms with Gasteiger partial charge in [0, 0.05) is 18.6 Å². The maximum absolute atomic E-state index is 13.1. The molecule has 0 spiro atoms. The van der Waals surface area contributed by atoms with Crippen molar-refractivity contribution in [3.8, 4) is 0 Å². The second kappa shape index (κ2) is 7.01. The number of nitrogens with zero attached hydrogens (tertiary/aromatic N) is 2. The minimum Gasteiger partial charge on any atom is -0.480 e. The molecule has 0 aromatic rings. The van der Waals surface area contributed by atoms with Gasteiger partial charge in [-0.05, 0) is 39.7 Å². The molecule has 1 atom stereocenters. The van der Waals surface area contributed by atoms with Crippen molar-refractivity contribution < 1.29 is 27.9 Å². The average molecular weight is 365 g/mol. The third kappa shape index (κ3) is 4.19. The molecule has 1 unspecified atom stereocenters. The summed E-state index contributed by atoms with van der Waals surface area (Å²) in [7, 11) is 0. The Hall–Kier alpha value is -1.51. The number of urea groups is 1. The number of aliphatic carboxylic acids is 1. The topological polar surface area (TPSA) is 72.9 Å². The molecule has 1 saturated carbocycles. The van der Waals surface area contributed by atoms with Crippen LogP contribution in [0, 0.1) is 5.92 Å². The normalized spacial score (nSPS) is 28.8. The van der Waals surface area contributed by atoms with Crippen LogP contribution in [0.15, 0.2) is 0 Å². The summed E-state index contributed by atoms with van der Waals surface area (Å²) in [6.07, 6.45) is -3.17. The van der Waals surface area contributed by atoms with Crippen LogP contribution in [0.25, 0.3) is 0 Å². The van der Waals surface area contributed by atoms with E-state index in [9.17, 15) is 22.8 Å². The maximum Gasteiger partial charge on any atom is 0.394 e. The number of alkyl halides is 3. The van der Waals surface area contributed by atoms with Gasteiger partial charge in [0.1, 0.15) is 0 Å². The van der Waals surface area contributed by atoms with Crippen LogP contribution >= 0.6 is 0 Å². The fourth-order valence-electron chi connectivity index (χ4n) is 3.94. The van der Waals surface area contributed by atoms with E-state index in [-0.39, 0.29) is 31.6 Å². The Kier molecular flexibility index (Phi) is 5.56. The molecule has 1 saturated heterocycles. The van der Waals surface area contributed by atoms with Crippen LogP contribution in [0.4, 0.5) is 18.0 Å². The molecule has 2 aliphatic rings. The SMILES string of the molecule is CCN(CC(=O)O)C1CC(NC(=O)N2CCC(C(F)(F)F)C2(C)C)C1. The van der Waals surface area contributed by atoms with Gasteiger partial charge in [-0.15, -0.1) is 0 Å². The number of nitrogens with one attached hydrogen (secondary N) is 1. The monoisotopic (exact) mass is 365 g/mol. The van der Waals surface area contributed by atoms with E-state index >= 15 is 0 Å². The maximum atomic E-state index is 13.1. The summed E-state index contributed by atoms with van der Waals surface area (Å²) in [5.74, 6) is -2.42. The average Bonchev–Trinajstić information content (AvgIpc) is 2.74. The van der Waals surface area contributed by atoms with Gasteiger partial charge in [0.25, 0.3) is 0 Å². The van der Waals surface area contributed by atoms with Crippen LogP contribution in [0.5, 0.6) is 0 Å². The summed E-state index contributed by atoms with van der Waals surface area (Å²) in [6, 6.07) is -0.511. The lowest BCUT2D eigenvalue weighted by molar-refractivity contribution is -0.189. The summed E-state index contributed by atoms with van der Waals surface area (Å²) in [6.45, 7) is 5.41. The van der Waals surface area contributed by atoms with E-state index in [1.165, 1.54) is 18.7 Å². The first-order chi connectivity index (χ1) is 11.5. The minimum atomic E-state index is -4.32. The summed E-state index contributed by atoms with van der Waals surface area (Å²) >= 11 is 0. The Morgan fingerprint density at radius 3 is 2.36 bits per heavy atom. The molecule has 2 amide bonds. The molecule has 0 bridgehead atoms. The minimum absolute atomic E-state index is 0.0474. The molecule has 25 heavy (non-hydrogen) atoms. The zero-order valence-corrected chi connectivity index (χ0v) is 14.8. The number of carbonyl (C=O) groups is 2. The Bertz CT molecular complexity index is 518. The number of carbonyl (C=O) groups excluding carboxylic acids is 1. The third-order valence-corrected chi connectivity index (χ3v) is 5.53. The van der Waals surface area contributed by atoms with Crippen LogP contribution < -0.4 is 5.32 Å². The first-order valence-corrected chi connectivity index (χ1v) is 8.57. The Morgan fingerprint density at radius 2 is 1.92 bits per heavy atom. The standard InChI is InChI=1S/C16H26F3N3O3/c1-4-21(9-13(23)24)11-7-10(8-11)20-14(25)22-6-5-12(15(22,2)3)16(17,18)19/h10-12H,4-9H2,1-3H3,(H,20,25)(H,23,24). The van der Waals surface area contributed by atoms with Crippen molar-refractivity contribution in [3.05, 3.63) is 0 Å². The number of likely N-dealkylation sites (N-methyl/N-ethyl adjacent to an activating group) is 1. The lowest BCUT2D eigenvalue weighted by Gasteiger charge is -2.44. The highest BCUT2D eigenvalue weighted by atomic mass is 19.4. The van der Waals surface area contributed by atoms with Crippen molar-refractivity contribution >= 4 is 12.0 Å². The van der Waals surface area contributed by atoms with E-state index in [1.54, 1.807) is 0 Å². The Labute approximate surface area is 145 Å². The van der Waals surface area contributed by atoms with Gasteiger partial charge in [-0.25, -0.2) is 4.79 Å². The molecule has 1 heterocycles. The molecule has 1 aliphatic carbocycles. The van der Waals surface area contributed by atoms with Crippen molar-refractivity contribution in [2.45, 2.75) is 63.8 Å². The number of carboxylic acids is 1. The lowest BCUT2D eigenvalue weighted by Crippen LogP contribution is -2.59. The van der Waals surface area contributed by atoms with E-state index < -0.39 is 29.6 Å². The van der Waals surface area contributed by atoms with Crippen LogP contribution in [-0.4, -0.2) is 70.3 Å².